The van der Waals surface area contributed by atoms with Crippen LogP contribution in [0.4, 0.5) is 5.69 Å². The van der Waals surface area contributed by atoms with Crippen LogP contribution in [0.2, 0.25) is 5.02 Å². The highest BCUT2D eigenvalue weighted by Crippen LogP contribution is 2.36. The Morgan fingerprint density at radius 2 is 1.52 bits per heavy atom. The number of halogens is 1. The number of benzene rings is 3. The molecule has 1 fully saturated rings. The maximum atomic E-state index is 12.8. The van der Waals surface area contributed by atoms with Crippen LogP contribution in [0.25, 0.3) is 6.08 Å². The summed E-state index contributed by atoms with van der Waals surface area (Å²) in [6.45, 7) is 0. The lowest BCUT2D eigenvalue weighted by atomic mass is 10.2. The van der Waals surface area contributed by atoms with Gasteiger partial charge in [0.15, 0.2) is 4.32 Å². The summed E-state index contributed by atoms with van der Waals surface area (Å²) in [6, 6.07) is 20.9. The van der Waals surface area contributed by atoms with Crippen LogP contribution in [0.15, 0.2) is 77.7 Å². The van der Waals surface area contributed by atoms with Crippen molar-refractivity contribution in [3.05, 3.63) is 88.3 Å². The predicted molar refractivity (Wildman–Crippen MR) is 122 cm³/mol. The van der Waals surface area contributed by atoms with E-state index in [4.69, 9.17) is 28.6 Å². The first-order valence-corrected chi connectivity index (χ1v) is 10.2. The van der Waals surface area contributed by atoms with Gasteiger partial charge in [-0.25, -0.2) is 0 Å². The molecular formula is C22H14ClNO3S2. The minimum absolute atomic E-state index is 0.135. The standard InChI is InChI=1S/C22H14ClNO3S2/c23-15-3-11-19(12-4-15)27-18-9-1-14(2-10-18)13-20-21(26)24(22(28)29-20)16-5-7-17(25)8-6-16/h1-13,25H. The highest BCUT2D eigenvalue weighted by Gasteiger charge is 2.33. The molecule has 0 unspecified atom stereocenters. The molecular weight excluding hydrogens is 426 g/mol. The average molecular weight is 440 g/mol. The molecule has 0 aliphatic carbocycles. The molecule has 3 aromatic rings. The Balaban J connectivity index is 1.50. The Morgan fingerprint density at radius 1 is 0.931 bits per heavy atom. The quantitative estimate of drug-likeness (QED) is 0.385. The van der Waals surface area contributed by atoms with Gasteiger partial charge >= 0.3 is 0 Å². The van der Waals surface area contributed by atoms with Crippen LogP contribution < -0.4 is 9.64 Å². The van der Waals surface area contributed by atoms with Crippen LogP contribution in [0.5, 0.6) is 17.2 Å². The third-order valence-electron chi connectivity index (χ3n) is 4.13. The number of phenolic OH excluding ortho intramolecular Hbond substituents is 1. The van der Waals surface area contributed by atoms with Gasteiger partial charge in [-0.3, -0.25) is 9.69 Å². The first-order chi connectivity index (χ1) is 14.0. The molecule has 1 aliphatic heterocycles. The van der Waals surface area contributed by atoms with Gasteiger partial charge in [0.1, 0.15) is 17.2 Å². The number of hydrogen-bond donors (Lipinski definition) is 1. The van der Waals surface area contributed by atoms with Crippen molar-refractivity contribution in [1.82, 2.24) is 0 Å². The van der Waals surface area contributed by atoms with Crippen molar-refractivity contribution in [2.75, 3.05) is 4.90 Å². The number of aromatic hydroxyl groups is 1. The SMILES string of the molecule is O=C1C(=Cc2ccc(Oc3ccc(Cl)cc3)cc2)SC(=S)N1c1ccc(O)cc1. The van der Waals surface area contributed by atoms with Crippen LogP contribution in [-0.4, -0.2) is 15.3 Å². The van der Waals surface area contributed by atoms with Crippen molar-refractivity contribution >= 4 is 57.6 Å². The molecule has 0 saturated carbocycles. The Morgan fingerprint density at radius 3 is 2.14 bits per heavy atom. The van der Waals surface area contributed by atoms with E-state index in [1.165, 1.54) is 28.8 Å². The molecule has 1 saturated heterocycles. The lowest BCUT2D eigenvalue weighted by Gasteiger charge is -2.14. The summed E-state index contributed by atoms with van der Waals surface area (Å²) in [5, 5.41) is 10.1. The van der Waals surface area contributed by atoms with Gasteiger partial charge in [-0.15, -0.1) is 0 Å². The summed E-state index contributed by atoms with van der Waals surface area (Å²) in [6.07, 6.45) is 1.80. The molecule has 29 heavy (non-hydrogen) atoms. The topological polar surface area (TPSA) is 49.8 Å². The summed E-state index contributed by atoms with van der Waals surface area (Å²) >= 11 is 12.5. The number of hydrogen-bond acceptors (Lipinski definition) is 5. The zero-order valence-corrected chi connectivity index (χ0v) is 17.3. The Bertz CT molecular complexity index is 1090. The first kappa shape index (κ1) is 19.5. The van der Waals surface area contributed by atoms with Crippen LogP contribution in [-0.2, 0) is 4.79 Å². The largest absolute Gasteiger partial charge is 0.508 e. The summed E-state index contributed by atoms with van der Waals surface area (Å²) in [4.78, 5) is 14.8. The molecule has 4 nitrogen and oxygen atoms in total. The molecule has 1 amide bonds. The number of nitrogens with zero attached hydrogens (tertiary/aromatic N) is 1. The molecule has 0 bridgehead atoms. The maximum absolute atomic E-state index is 12.8. The monoisotopic (exact) mass is 439 g/mol. The number of ether oxygens (including phenoxy) is 1. The first-order valence-electron chi connectivity index (χ1n) is 8.60. The summed E-state index contributed by atoms with van der Waals surface area (Å²) in [7, 11) is 0. The third kappa shape index (κ3) is 4.45. The van der Waals surface area contributed by atoms with Crippen LogP contribution in [0, 0.1) is 0 Å². The Labute approximate surface area is 182 Å². The highest BCUT2D eigenvalue weighted by atomic mass is 35.5. The van der Waals surface area contributed by atoms with Crippen molar-refractivity contribution in [2.45, 2.75) is 0 Å². The van der Waals surface area contributed by atoms with Gasteiger partial charge in [-0.05, 0) is 72.3 Å². The number of carbonyl (C=O) groups is 1. The van der Waals surface area contributed by atoms with Crippen molar-refractivity contribution in [3.8, 4) is 17.2 Å². The zero-order valence-electron chi connectivity index (χ0n) is 14.9. The Hall–Kier alpha value is -2.80. The maximum Gasteiger partial charge on any atom is 0.270 e. The lowest BCUT2D eigenvalue weighted by Crippen LogP contribution is -2.27. The van der Waals surface area contributed by atoms with Gasteiger partial charge < -0.3 is 9.84 Å². The minimum atomic E-state index is -0.188. The summed E-state index contributed by atoms with van der Waals surface area (Å²) in [5.41, 5.74) is 1.49. The second kappa shape index (κ2) is 8.29. The number of carbonyl (C=O) groups excluding carboxylic acids is 1. The molecule has 0 spiro atoms. The van der Waals surface area contributed by atoms with E-state index in [2.05, 4.69) is 0 Å². The number of amides is 1. The van der Waals surface area contributed by atoms with Gasteiger partial charge in [0.2, 0.25) is 0 Å². The normalized spacial score (nSPS) is 15.2. The van der Waals surface area contributed by atoms with E-state index in [1.54, 1.807) is 42.5 Å². The molecule has 144 valence electrons. The number of phenols is 1. The van der Waals surface area contributed by atoms with Gasteiger partial charge in [0.25, 0.3) is 5.91 Å². The molecule has 1 heterocycles. The van der Waals surface area contributed by atoms with Crippen LogP contribution in [0.1, 0.15) is 5.56 Å². The number of thiocarbonyl (C=S) groups is 1. The smallest absolute Gasteiger partial charge is 0.270 e. The van der Waals surface area contributed by atoms with Gasteiger partial charge in [-0.2, -0.15) is 0 Å². The molecule has 0 aromatic heterocycles. The minimum Gasteiger partial charge on any atom is -0.508 e. The fourth-order valence-electron chi connectivity index (χ4n) is 2.71. The molecule has 7 heteroatoms. The molecule has 1 N–H and O–H groups in total. The average Bonchev–Trinajstić information content (AvgIpc) is 2.99. The van der Waals surface area contributed by atoms with Gasteiger partial charge in [-0.1, -0.05) is 47.7 Å². The summed E-state index contributed by atoms with van der Waals surface area (Å²) < 4.78 is 6.23. The third-order valence-corrected chi connectivity index (χ3v) is 5.68. The zero-order chi connectivity index (χ0) is 20.4. The molecule has 3 aromatic carbocycles. The molecule has 4 rings (SSSR count). The van der Waals surface area contributed by atoms with Crippen LogP contribution >= 0.6 is 35.6 Å². The van der Waals surface area contributed by atoms with E-state index in [9.17, 15) is 9.90 Å². The second-order valence-corrected chi connectivity index (χ2v) is 8.27. The summed E-state index contributed by atoms with van der Waals surface area (Å²) in [5.74, 6) is 1.32. The van der Waals surface area contributed by atoms with Gasteiger partial charge in [0, 0.05) is 5.02 Å². The second-order valence-electron chi connectivity index (χ2n) is 6.16. The number of thioether (sulfide) groups is 1. The fourth-order valence-corrected chi connectivity index (χ4v) is 4.14. The van der Waals surface area contributed by atoms with Crippen molar-refractivity contribution in [1.29, 1.82) is 0 Å². The number of anilines is 1. The predicted octanol–water partition coefficient (Wildman–Crippen LogP) is 6.24. The molecule has 1 aliphatic rings. The number of rotatable bonds is 4. The Kier molecular flexibility index (Phi) is 5.58. The molecule has 0 atom stereocenters. The van der Waals surface area contributed by atoms with Crippen molar-refractivity contribution < 1.29 is 14.6 Å². The van der Waals surface area contributed by atoms with Crippen molar-refractivity contribution in [3.63, 3.8) is 0 Å². The van der Waals surface area contributed by atoms with Crippen LogP contribution in [0.3, 0.4) is 0 Å². The van der Waals surface area contributed by atoms with E-state index in [0.29, 0.717) is 31.4 Å². The van der Waals surface area contributed by atoms with E-state index in [1.807, 2.05) is 24.3 Å². The van der Waals surface area contributed by atoms with E-state index in [0.717, 1.165) is 5.56 Å². The fraction of sp³-hybridized carbons (Fsp3) is 0. The molecule has 0 radical (unpaired) electrons. The van der Waals surface area contributed by atoms with E-state index in [-0.39, 0.29) is 11.7 Å². The van der Waals surface area contributed by atoms with Crippen molar-refractivity contribution in [2.24, 2.45) is 0 Å². The van der Waals surface area contributed by atoms with E-state index >= 15 is 0 Å². The van der Waals surface area contributed by atoms with E-state index < -0.39 is 0 Å². The highest BCUT2D eigenvalue weighted by molar-refractivity contribution is 8.27. The lowest BCUT2D eigenvalue weighted by molar-refractivity contribution is -0.113. The van der Waals surface area contributed by atoms with Gasteiger partial charge in [0.05, 0.1) is 10.6 Å².